The van der Waals surface area contributed by atoms with E-state index in [4.69, 9.17) is 19.4 Å². The first-order valence-corrected chi connectivity index (χ1v) is 37.6. The standard InChI is InChI=1S/C52H43N3.C49H41NO/c1-50(2)42-31-36(32-25-27-35(28-26-32)49-54-47(33-17-9-7-10-18-33)53-48(55-49)34-19-11-8-12-20-34)29-30-40(42)43-44-39-23-15-16-24-41(39)51(3,4)52(5,6)46(44)38-22-14-13-21-37(38)45(43)50;1-47(2)41-28-32(50(31-15-8-7-9-16-31)33-22-24-37-36-18-12-13-19-42(36)51-43(37)29-33)21-23-35(41)38-25-26-39-44-34-17-11-10-14-30(34)20-27-40(44)48(3,4)49(5,6)46(39)45(38)47/h7-31H,1-6H3;7-29H,1-6H3. The second-order valence-electron chi connectivity index (χ2n) is 33.0. The van der Waals surface area contributed by atoms with Gasteiger partial charge >= 0.3 is 0 Å². The van der Waals surface area contributed by atoms with Crippen LogP contribution < -0.4 is 4.90 Å². The molecule has 0 spiro atoms. The Kier molecular flexibility index (Phi) is 14.3. The number of anilines is 3. The molecule has 106 heavy (non-hydrogen) atoms. The van der Waals surface area contributed by atoms with Gasteiger partial charge in [-0.3, -0.25) is 0 Å². The minimum Gasteiger partial charge on any atom is -0.456 e. The van der Waals surface area contributed by atoms with Crippen molar-refractivity contribution in [2.45, 2.75) is 116 Å². The molecule has 0 saturated carbocycles. The van der Waals surface area contributed by atoms with E-state index in [1.807, 2.05) is 72.8 Å². The SMILES string of the molecule is CC1(C)c2cc(-c3ccc(-c4nc(-c5ccccc5)nc(-c5ccccc5)n4)cc3)ccc2-c2c3c(c4ccccc4c21)C(C)(C)C(C)(C)c1ccccc1-3.CC1(C)c2cc(N(c3ccccc3)c3ccc4c(c3)oc3ccccc34)ccc2-c2ccc3c(c21)C(C)(C)C(C)(C)c1ccc2ccccc2c1-3. The van der Waals surface area contributed by atoms with Crippen molar-refractivity contribution in [1.29, 1.82) is 0 Å². The van der Waals surface area contributed by atoms with Crippen LogP contribution in [0.3, 0.4) is 0 Å². The highest BCUT2D eigenvalue weighted by Gasteiger charge is 2.53. The smallest absolute Gasteiger partial charge is 0.164 e. The Morgan fingerprint density at radius 1 is 0.245 bits per heavy atom. The van der Waals surface area contributed by atoms with Crippen LogP contribution in [0, 0.1) is 0 Å². The summed E-state index contributed by atoms with van der Waals surface area (Å²) in [5.41, 5.74) is 32.2. The highest BCUT2D eigenvalue weighted by atomic mass is 16.3. The second-order valence-corrected chi connectivity index (χ2v) is 33.0. The molecule has 20 rings (SSSR count). The van der Waals surface area contributed by atoms with Gasteiger partial charge in [0.1, 0.15) is 11.2 Å². The Hall–Kier alpha value is -11.8. The number of furan rings is 1. The van der Waals surface area contributed by atoms with Gasteiger partial charge in [0.25, 0.3) is 0 Å². The van der Waals surface area contributed by atoms with Crippen LogP contribution in [0.5, 0.6) is 0 Å². The fourth-order valence-corrected chi connectivity index (χ4v) is 19.0. The molecule has 0 atom stereocenters. The zero-order valence-corrected chi connectivity index (χ0v) is 62.4. The van der Waals surface area contributed by atoms with E-state index < -0.39 is 0 Å². The van der Waals surface area contributed by atoms with Crippen molar-refractivity contribution < 1.29 is 4.42 Å². The van der Waals surface area contributed by atoms with Crippen molar-refractivity contribution in [3.05, 3.63) is 336 Å². The van der Waals surface area contributed by atoms with E-state index in [0.29, 0.717) is 17.5 Å². The maximum Gasteiger partial charge on any atom is 0.164 e. The monoisotopic (exact) mass is 1370 g/mol. The molecule has 2 aromatic heterocycles. The van der Waals surface area contributed by atoms with Crippen molar-refractivity contribution in [3.8, 4) is 89.8 Å². The number of hydrogen-bond acceptors (Lipinski definition) is 5. The molecule has 514 valence electrons. The maximum atomic E-state index is 6.38. The molecule has 14 aromatic carbocycles. The molecule has 0 fully saturated rings. The van der Waals surface area contributed by atoms with Crippen LogP contribution in [0.15, 0.2) is 296 Å². The zero-order valence-electron chi connectivity index (χ0n) is 62.4. The number of hydrogen-bond donors (Lipinski definition) is 0. The minimum absolute atomic E-state index is 0.0475. The first kappa shape index (κ1) is 65.0. The Morgan fingerprint density at radius 3 is 1.40 bits per heavy atom. The van der Waals surface area contributed by atoms with Gasteiger partial charge in [-0.2, -0.15) is 0 Å². The van der Waals surface area contributed by atoms with Gasteiger partial charge in [0.15, 0.2) is 17.5 Å². The predicted molar refractivity (Wildman–Crippen MR) is 443 cm³/mol. The van der Waals surface area contributed by atoms with E-state index in [1.165, 1.54) is 122 Å². The number of fused-ring (bicyclic) bond motifs is 22. The summed E-state index contributed by atoms with van der Waals surface area (Å²) in [7, 11) is 0. The van der Waals surface area contributed by atoms with Gasteiger partial charge in [-0.1, -0.05) is 320 Å². The van der Waals surface area contributed by atoms with Gasteiger partial charge in [0.05, 0.1) is 0 Å². The van der Waals surface area contributed by atoms with Crippen LogP contribution in [-0.4, -0.2) is 15.0 Å². The molecule has 2 heterocycles. The van der Waals surface area contributed by atoms with Crippen molar-refractivity contribution in [1.82, 2.24) is 15.0 Å². The third-order valence-electron chi connectivity index (χ3n) is 25.8. The number of aromatic nitrogens is 3. The number of nitrogens with zero attached hydrogens (tertiary/aromatic N) is 4. The lowest BCUT2D eigenvalue weighted by Gasteiger charge is -2.50. The molecule has 0 bridgehead atoms. The average Bonchev–Trinajstić information content (AvgIpc) is 0.956. The average molecular weight is 1370 g/mol. The summed E-state index contributed by atoms with van der Waals surface area (Å²) in [5.74, 6) is 1.99. The van der Waals surface area contributed by atoms with Gasteiger partial charge in [0.2, 0.25) is 0 Å². The molecule has 0 saturated heterocycles. The van der Waals surface area contributed by atoms with Crippen molar-refractivity contribution in [2.24, 2.45) is 0 Å². The van der Waals surface area contributed by atoms with E-state index in [1.54, 1.807) is 0 Å². The largest absolute Gasteiger partial charge is 0.456 e. The molecule has 5 nitrogen and oxygen atoms in total. The highest BCUT2D eigenvalue weighted by molar-refractivity contribution is 6.11. The van der Waals surface area contributed by atoms with Gasteiger partial charge < -0.3 is 9.32 Å². The topological polar surface area (TPSA) is 55.1 Å². The third-order valence-corrected chi connectivity index (χ3v) is 25.8. The maximum absolute atomic E-state index is 6.38. The molecule has 4 aliphatic rings. The molecular weight excluding hydrogens is 1290 g/mol. The van der Waals surface area contributed by atoms with Crippen LogP contribution in [0.1, 0.15) is 128 Å². The molecule has 0 aliphatic heterocycles. The van der Waals surface area contributed by atoms with Crippen molar-refractivity contribution in [2.75, 3.05) is 4.90 Å². The number of benzene rings is 14. The third kappa shape index (κ3) is 9.43. The molecule has 0 amide bonds. The Morgan fingerprint density at radius 2 is 0.708 bits per heavy atom. The van der Waals surface area contributed by atoms with E-state index in [-0.39, 0.29) is 32.5 Å². The number of rotatable bonds is 7. The van der Waals surface area contributed by atoms with Crippen molar-refractivity contribution in [3.63, 3.8) is 0 Å². The first-order valence-electron chi connectivity index (χ1n) is 37.6. The van der Waals surface area contributed by atoms with Crippen LogP contribution >= 0.6 is 0 Å². The lowest BCUT2D eigenvalue weighted by Crippen LogP contribution is -2.45. The van der Waals surface area contributed by atoms with Gasteiger partial charge in [-0.05, 0) is 186 Å². The quantitative estimate of drug-likeness (QED) is 0.159. The zero-order chi connectivity index (χ0) is 72.6. The molecule has 0 unspecified atom stereocenters. The van der Waals surface area contributed by atoms with E-state index in [9.17, 15) is 0 Å². The van der Waals surface area contributed by atoms with E-state index >= 15 is 0 Å². The summed E-state index contributed by atoms with van der Waals surface area (Å²) in [6.45, 7) is 29.3. The first-order chi connectivity index (χ1) is 51.1. The summed E-state index contributed by atoms with van der Waals surface area (Å²) < 4.78 is 6.38. The molecule has 4 aliphatic carbocycles. The summed E-state index contributed by atoms with van der Waals surface area (Å²) >= 11 is 0. The fourth-order valence-electron chi connectivity index (χ4n) is 19.0. The van der Waals surface area contributed by atoms with E-state index in [2.05, 4.69) is 306 Å². The van der Waals surface area contributed by atoms with Crippen molar-refractivity contribution >= 4 is 60.5 Å². The lowest BCUT2D eigenvalue weighted by molar-refractivity contribution is 0.295. The minimum atomic E-state index is -0.216. The Labute approximate surface area is 622 Å². The fraction of sp³-hybridized carbons (Fsp3) is 0.178. The molecule has 16 aromatic rings. The van der Waals surface area contributed by atoms with Crippen LogP contribution in [-0.2, 0) is 32.5 Å². The van der Waals surface area contributed by atoms with Crippen LogP contribution in [0.2, 0.25) is 0 Å². The summed E-state index contributed by atoms with van der Waals surface area (Å²) in [5, 5.41) is 7.67. The van der Waals surface area contributed by atoms with E-state index in [0.717, 1.165) is 55.7 Å². The summed E-state index contributed by atoms with van der Waals surface area (Å²) in [6, 6.07) is 106. The second kappa shape index (κ2) is 23.4. The normalized spacial score (nSPS) is 15.8. The Balaban J connectivity index is 0.000000145. The molecule has 0 N–H and O–H groups in total. The molecule has 5 heteroatoms. The Bertz CT molecular complexity index is 6250. The van der Waals surface area contributed by atoms with Gasteiger partial charge in [-0.25, -0.2) is 15.0 Å². The highest BCUT2D eigenvalue weighted by Crippen LogP contribution is 2.65. The predicted octanol–water partition coefficient (Wildman–Crippen LogP) is 27.0. The van der Waals surface area contributed by atoms with Gasteiger partial charge in [0, 0.05) is 66.8 Å². The summed E-state index contributed by atoms with van der Waals surface area (Å²) in [6.07, 6.45) is 0. The lowest BCUT2D eigenvalue weighted by atomic mass is 9.53. The summed E-state index contributed by atoms with van der Waals surface area (Å²) in [4.78, 5) is 17.2. The van der Waals surface area contributed by atoms with Gasteiger partial charge in [-0.15, -0.1) is 0 Å². The molecular formula is C101H84N4O. The number of para-hydroxylation sites is 2. The van der Waals surface area contributed by atoms with Crippen LogP contribution in [0.25, 0.3) is 133 Å². The van der Waals surface area contributed by atoms with Crippen LogP contribution in [0.4, 0.5) is 17.1 Å². The molecule has 0 radical (unpaired) electrons.